The Morgan fingerprint density at radius 1 is 1.47 bits per heavy atom. The summed E-state index contributed by atoms with van der Waals surface area (Å²) >= 11 is 1.70. The number of thioether (sulfide) groups is 1. The van der Waals surface area contributed by atoms with Gasteiger partial charge in [-0.3, -0.25) is 4.79 Å². The molecule has 3 nitrogen and oxygen atoms in total. The molecule has 17 heavy (non-hydrogen) atoms. The monoisotopic (exact) mass is 258 g/mol. The fourth-order valence-electron chi connectivity index (χ4n) is 1.92. The Bertz CT molecular complexity index is 232. The van der Waals surface area contributed by atoms with Crippen LogP contribution in [-0.2, 0) is 4.79 Å². The van der Waals surface area contributed by atoms with Gasteiger partial charge in [0.05, 0.1) is 5.75 Å². The standard InChI is InChI=1S/C13H26N2OS/c1-13(2,3)17-10-12(16)15-8-6-11-5-4-7-14-9-11/h11,14H,4-10H2,1-3H3,(H,15,16). The zero-order chi connectivity index (χ0) is 12.7. The third-order valence-electron chi connectivity index (χ3n) is 2.91. The molecule has 1 aliphatic rings. The van der Waals surface area contributed by atoms with Crippen molar-refractivity contribution in [1.82, 2.24) is 10.6 Å². The first-order chi connectivity index (χ1) is 7.97. The van der Waals surface area contributed by atoms with E-state index in [4.69, 9.17) is 0 Å². The van der Waals surface area contributed by atoms with Crippen LogP contribution in [0.1, 0.15) is 40.0 Å². The average molecular weight is 258 g/mol. The average Bonchev–Trinajstić information content (AvgIpc) is 2.27. The maximum absolute atomic E-state index is 11.6. The number of nitrogens with one attached hydrogen (secondary N) is 2. The van der Waals surface area contributed by atoms with Crippen LogP contribution < -0.4 is 10.6 Å². The van der Waals surface area contributed by atoms with Crippen molar-refractivity contribution in [3.05, 3.63) is 0 Å². The Hall–Kier alpha value is -0.220. The van der Waals surface area contributed by atoms with Gasteiger partial charge in [-0.05, 0) is 38.3 Å². The third kappa shape index (κ3) is 7.66. The van der Waals surface area contributed by atoms with Crippen LogP contribution in [0.5, 0.6) is 0 Å². The number of rotatable bonds is 5. The second-order valence-electron chi connectivity index (χ2n) is 5.75. The van der Waals surface area contributed by atoms with Gasteiger partial charge in [-0.15, -0.1) is 11.8 Å². The normalized spacial score (nSPS) is 21.2. The minimum Gasteiger partial charge on any atom is -0.355 e. The Labute approximate surface area is 109 Å². The molecule has 4 heteroatoms. The number of piperidine rings is 1. The van der Waals surface area contributed by atoms with Gasteiger partial charge in [-0.2, -0.15) is 0 Å². The lowest BCUT2D eigenvalue weighted by atomic mass is 9.96. The Balaban J connectivity index is 2.03. The molecule has 0 spiro atoms. The summed E-state index contributed by atoms with van der Waals surface area (Å²) < 4.78 is 0.171. The molecule has 1 fully saturated rings. The quantitative estimate of drug-likeness (QED) is 0.793. The van der Waals surface area contributed by atoms with Gasteiger partial charge < -0.3 is 10.6 Å². The maximum Gasteiger partial charge on any atom is 0.230 e. The van der Waals surface area contributed by atoms with Crippen molar-refractivity contribution in [1.29, 1.82) is 0 Å². The molecule has 1 rings (SSSR count). The first kappa shape index (κ1) is 14.8. The minimum absolute atomic E-state index is 0.171. The highest BCUT2D eigenvalue weighted by Gasteiger charge is 2.15. The van der Waals surface area contributed by atoms with Crippen LogP contribution in [0.3, 0.4) is 0 Å². The van der Waals surface area contributed by atoms with E-state index in [0.29, 0.717) is 5.75 Å². The van der Waals surface area contributed by atoms with Crippen molar-refractivity contribution < 1.29 is 4.79 Å². The summed E-state index contributed by atoms with van der Waals surface area (Å²) in [6.45, 7) is 9.52. The van der Waals surface area contributed by atoms with Crippen molar-refractivity contribution in [2.24, 2.45) is 5.92 Å². The fourth-order valence-corrected chi connectivity index (χ4v) is 2.59. The van der Waals surface area contributed by atoms with Crippen molar-refractivity contribution in [3.8, 4) is 0 Å². The lowest BCUT2D eigenvalue weighted by Crippen LogP contribution is -2.34. The zero-order valence-electron chi connectivity index (χ0n) is 11.3. The molecule has 1 amide bonds. The summed E-state index contributed by atoms with van der Waals surface area (Å²) in [4.78, 5) is 11.6. The van der Waals surface area contributed by atoms with Crippen LogP contribution in [0, 0.1) is 5.92 Å². The van der Waals surface area contributed by atoms with Crippen molar-refractivity contribution in [3.63, 3.8) is 0 Å². The third-order valence-corrected chi connectivity index (χ3v) is 4.18. The van der Waals surface area contributed by atoms with Gasteiger partial charge in [0.2, 0.25) is 5.91 Å². The van der Waals surface area contributed by atoms with E-state index in [-0.39, 0.29) is 10.7 Å². The first-order valence-electron chi connectivity index (χ1n) is 6.59. The van der Waals surface area contributed by atoms with Gasteiger partial charge in [0.25, 0.3) is 0 Å². The molecular formula is C13H26N2OS. The Kier molecular flexibility index (Phi) is 6.34. The molecule has 0 radical (unpaired) electrons. The SMILES string of the molecule is CC(C)(C)SCC(=O)NCCC1CCCNC1. The summed E-state index contributed by atoms with van der Waals surface area (Å²) in [5.74, 6) is 1.50. The van der Waals surface area contributed by atoms with E-state index in [0.717, 1.165) is 32.0 Å². The topological polar surface area (TPSA) is 41.1 Å². The molecule has 0 saturated carbocycles. The van der Waals surface area contributed by atoms with Crippen LogP contribution in [0.25, 0.3) is 0 Å². The molecule has 1 unspecified atom stereocenters. The van der Waals surface area contributed by atoms with E-state index in [2.05, 4.69) is 31.4 Å². The van der Waals surface area contributed by atoms with Crippen molar-refractivity contribution >= 4 is 17.7 Å². The summed E-state index contributed by atoms with van der Waals surface area (Å²) in [6, 6.07) is 0. The summed E-state index contributed by atoms with van der Waals surface area (Å²) in [5.41, 5.74) is 0. The van der Waals surface area contributed by atoms with E-state index >= 15 is 0 Å². The molecule has 0 aliphatic carbocycles. The molecule has 1 aliphatic heterocycles. The van der Waals surface area contributed by atoms with Gasteiger partial charge in [-0.1, -0.05) is 20.8 Å². The van der Waals surface area contributed by atoms with E-state index in [1.807, 2.05) is 0 Å². The van der Waals surface area contributed by atoms with Crippen LogP contribution in [0.2, 0.25) is 0 Å². The van der Waals surface area contributed by atoms with Crippen LogP contribution in [0.4, 0.5) is 0 Å². The number of hydrogen-bond acceptors (Lipinski definition) is 3. The summed E-state index contributed by atoms with van der Waals surface area (Å²) in [6.07, 6.45) is 3.69. The second-order valence-corrected chi connectivity index (χ2v) is 7.55. The largest absolute Gasteiger partial charge is 0.355 e. The van der Waals surface area contributed by atoms with Crippen LogP contribution >= 0.6 is 11.8 Å². The van der Waals surface area contributed by atoms with Gasteiger partial charge >= 0.3 is 0 Å². The lowest BCUT2D eigenvalue weighted by molar-refractivity contribution is -0.118. The van der Waals surface area contributed by atoms with Gasteiger partial charge in [0.15, 0.2) is 0 Å². The van der Waals surface area contributed by atoms with E-state index < -0.39 is 0 Å². The van der Waals surface area contributed by atoms with Gasteiger partial charge in [-0.25, -0.2) is 0 Å². The number of carbonyl (C=O) groups excluding carboxylic acids is 1. The summed E-state index contributed by atoms with van der Waals surface area (Å²) in [5, 5.41) is 6.42. The molecule has 1 saturated heterocycles. The fraction of sp³-hybridized carbons (Fsp3) is 0.923. The maximum atomic E-state index is 11.6. The van der Waals surface area contributed by atoms with Gasteiger partial charge in [0, 0.05) is 11.3 Å². The molecule has 1 heterocycles. The number of carbonyl (C=O) groups is 1. The van der Waals surface area contributed by atoms with E-state index in [1.54, 1.807) is 11.8 Å². The minimum atomic E-state index is 0.171. The highest BCUT2D eigenvalue weighted by molar-refractivity contribution is 8.01. The molecular weight excluding hydrogens is 232 g/mol. The number of amides is 1. The molecule has 0 aromatic heterocycles. The highest BCUT2D eigenvalue weighted by Crippen LogP contribution is 2.22. The predicted octanol–water partition coefficient (Wildman–Crippen LogP) is 2.02. The molecule has 0 aromatic rings. The van der Waals surface area contributed by atoms with E-state index in [9.17, 15) is 4.79 Å². The van der Waals surface area contributed by atoms with Crippen molar-refractivity contribution in [2.75, 3.05) is 25.4 Å². The molecule has 0 bridgehead atoms. The molecule has 0 aromatic carbocycles. The Morgan fingerprint density at radius 2 is 2.24 bits per heavy atom. The first-order valence-corrected chi connectivity index (χ1v) is 7.57. The zero-order valence-corrected chi connectivity index (χ0v) is 12.2. The smallest absolute Gasteiger partial charge is 0.230 e. The predicted molar refractivity (Wildman–Crippen MR) is 75.4 cm³/mol. The van der Waals surface area contributed by atoms with Crippen LogP contribution in [0.15, 0.2) is 0 Å². The van der Waals surface area contributed by atoms with Gasteiger partial charge in [0.1, 0.15) is 0 Å². The molecule has 1 atom stereocenters. The molecule has 2 N–H and O–H groups in total. The number of hydrogen-bond donors (Lipinski definition) is 2. The van der Waals surface area contributed by atoms with Crippen LogP contribution in [-0.4, -0.2) is 36.0 Å². The van der Waals surface area contributed by atoms with E-state index in [1.165, 1.54) is 12.8 Å². The van der Waals surface area contributed by atoms with Crippen molar-refractivity contribution in [2.45, 2.75) is 44.8 Å². The summed E-state index contributed by atoms with van der Waals surface area (Å²) in [7, 11) is 0. The lowest BCUT2D eigenvalue weighted by Gasteiger charge is -2.22. The second kappa shape index (κ2) is 7.27. The molecule has 100 valence electrons. The highest BCUT2D eigenvalue weighted by atomic mass is 32.2. The Morgan fingerprint density at radius 3 is 2.82 bits per heavy atom.